The van der Waals surface area contributed by atoms with Gasteiger partial charge in [-0.05, 0) is 30.7 Å². The molecule has 0 bridgehead atoms. The number of aryl methyl sites for hydroxylation is 1. The van der Waals surface area contributed by atoms with Gasteiger partial charge in [0.25, 0.3) is 10.0 Å². The van der Waals surface area contributed by atoms with Gasteiger partial charge < -0.3 is 9.47 Å². The molecule has 3 rings (SSSR count). The molecule has 0 unspecified atom stereocenters. The van der Waals surface area contributed by atoms with Crippen LogP contribution in [0.15, 0.2) is 59.9 Å². The molecule has 0 fully saturated rings. The number of sulfonamides is 1. The summed E-state index contributed by atoms with van der Waals surface area (Å²) in [5, 5.41) is 0. The van der Waals surface area contributed by atoms with E-state index in [1.54, 1.807) is 18.2 Å². The van der Waals surface area contributed by atoms with Crippen LogP contribution in [0.4, 0.5) is 10.2 Å². The Balaban J connectivity index is 2.13. The number of rotatable bonds is 7. The zero-order valence-electron chi connectivity index (χ0n) is 16.2. The van der Waals surface area contributed by atoms with E-state index in [9.17, 15) is 12.8 Å². The molecule has 29 heavy (non-hydrogen) atoms. The van der Waals surface area contributed by atoms with E-state index in [0.717, 1.165) is 4.31 Å². The quantitative estimate of drug-likeness (QED) is 0.587. The van der Waals surface area contributed by atoms with Crippen molar-refractivity contribution >= 4 is 15.8 Å². The van der Waals surface area contributed by atoms with Crippen LogP contribution < -0.4 is 13.8 Å². The third-order valence-corrected chi connectivity index (χ3v) is 6.12. The molecule has 0 radical (unpaired) electrons. The molecule has 7 nitrogen and oxygen atoms in total. The number of halogens is 1. The minimum Gasteiger partial charge on any atom is -0.497 e. The van der Waals surface area contributed by atoms with Crippen LogP contribution in [-0.4, -0.2) is 32.6 Å². The van der Waals surface area contributed by atoms with E-state index in [-0.39, 0.29) is 17.9 Å². The molecule has 0 saturated carbocycles. The summed E-state index contributed by atoms with van der Waals surface area (Å²) in [6.07, 6.45) is 2.65. The Kier molecular flexibility index (Phi) is 5.97. The number of ether oxygens (including phenoxy) is 2. The average molecular weight is 417 g/mol. The van der Waals surface area contributed by atoms with Gasteiger partial charge in [0.15, 0.2) is 0 Å². The second-order valence-corrected chi connectivity index (χ2v) is 7.97. The fraction of sp³-hybridized carbons (Fsp3) is 0.200. The van der Waals surface area contributed by atoms with E-state index in [2.05, 4.69) is 9.97 Å². The van der Waals surface area contributed by atoms with Gasteiger partial charge in [-0.15, -0.1) is 0 Å². The summed E-state index contributed by atoms with van der Waals surface area (Å²) in [5.41, 5.74) is 0.791. The lowest BCUT2D eigenvalue weighted by atomic mass is 10.2. The third-order valence-electron chi connectivity index (χ3n) is 4.35. The van der Waals surface area contributed by atoms with Crippen molar-refractivity contribution in [3.05, 3.63) is 71.9 Å². The molecule has 0 amide bonds. The van der Waals surface area contributed by atoms with Crippen molar-refractivity contribution in [3.63, 3.8) is 0 Å². The molecule has 3 aromatic rings. The molecule has 2 aromatic carbocycles. The highest BCUT2D eigenvalue weighted by Crippen LogP contribution is 2.31. The summed E-state index contributed by atoms with van der Waals surface area (Å²) in [6.45, 7) is 1.38. The first-order valence-corrected chi connectivity index (χ1v) is 10.1. The third kappa shape index (κ3) is 4.14. The largest absolute Gasteiger partial charge is 0.497 e. The van der Waals surface area contributed by atoms with Gasteiger partial charge in [0.05, 0.1) is 20.8 Å². The van der Waals surface area contributed by atoms with Crippen molar-refractivity contribution in [3.8, 4) is 11.5 Å². The number of benzene rings is 2. The van der Waals surface area contributed by atoms with Gasteiger partial charge in [-0.1, -0.05) is 12.1 Å². The first-order chi connectivity index (χ1) is 13.9. The van der Waals surface area contributed by atoms with Crippen LogP contribution in [0.1, 0.15) is 11.1 Å². The molecule has 0 atom stereocenters. The normalized spacial score (nSPS) is 11.2. The lowest BCUT2D eigenvalue weighted by Gasteiger charge is -2.24. The highest BCUT2D eigenvalue weighted by molar-refractivity contribution is 7.92. The number of hydrogen-bond acceptors (Lipinski definition) is 6. The second kappa shape index (κ2) is 8.44. The lowest BCUT2D eigenvalue weighted by Crippen LogP contribution is -2.32. The Morgan fingerprint density at radius 2 is 1.90 bits per heavy atom. The zero-order valence-corrected chi connectivity index (χ0v) is 17.0. The maximum absolute atomic E-state index is 14.7. The van der Waals surface area contributed by atoms with Gasteiger partial charge in [0.2, 0.25) is 0 Å². The van der Waals surface area contributed by atoms with E-state index in [1.807, 2.05) is 0 Å². The molecule has 0 spiro atoms. The number of aromatic nitrogens is 2. The molecular weight excluding hydrogens is 397 g/mol. The van der Waals surface area contributed by atoms with Crippen LogP contribution in [-0.2, 0) is 16.6 Å². The van der Waals surface area contributed by atoms with E-state index >= 15 is 0 Å². The summed E-state index contributed by atoms with van der Waals surface area (Å²) >= 11 is 0. The van der Waals surface area contributed by atoms with Crippen molar-refractivity contribution in [2.24, 2.45) is 0 Å². The van der Waals surface area contributed by atoms with Crippen molar-refractivity contribution in [2.75, 3.05) is 18.5 Å². The Hall–Kier alpha value is -3.20. The standard InChI is InChI=1S/C20H20FN3O4S/c1-14-5-4-6-18(20(14)21)29(25,26)24(19-9-10-22-13-23-19)12-15-7-8-16(27-2)11-17(15)28-3/h4-11,13H,12H2,1-3H3. The highest BCUT2D eigenvalue weighted by atomic mass is 32.2. The van der Waals surface area contributed by atoms with Crippen molar-refractivity contribution in [2.45, 2.75) is 18.4 Å². The molecule has 1 aromatic heterocycles. The first kappa shape index (κ1) is 20.5. The predicted molar refractivity (Wildman–Crippen MR) is 106 cm³/mol. The fourth-order valence-corrected chi connectivity index (χ4v) is 4.33. The number of methoxy groups -OCH3 is 2. The highest BCUT2D eigenvalue weighted by Gasteiger charge is 2.30. The lowest BCUT2D eigenvalue weighted by molar-refractivity contribution is 0.391. The van der Waals surface area contributed by atoms with Crippen molar-refractivity contribution in [1.29, 1.82) is 0 Å². The maximum atomic E-state index is 14.7. The maximum Gasteiger partial charge on any atom is 0.268 e. The fourth-order valence-electron chi connectivity index (χ4n) is 2.80. The molecule has 1 heterocycles. The monoisotopic (exact) mass is 417 g/mol. The van der Waals surface area contributed by atoms with Crippen LogP contribution in [0.2, 0.25) is 0 Å². The summed E-state index contributed by atoms with van der Waals surface area (Å²) in [4.78, 5) is 7.46. The number of anilines is 1. The minimum atomic E-state index is -4.26. The summed E-state index contributed by atoms with van der Waals surface area (Å²) in [7, 11) is -1.27. The van der Waals surface area contributed by atoms with Crippen molar-refractivity contribution < 1.29 is 22.3 Å². The molecular formula is C20H20FN3O4S. The molecule has 0 saturated heterocycles. The predicted octanol–water partition coefficient (Wildman–Crippen LogP) is 3.34. The molecule has 0 N–H and O–H groups in total. The van der Waals surface area contributed by atoms with Gasteiger partial charge in [-0.2, -0.15) is 0 Å². The van der Waals surface area contributed by atoms with Crippen LogP contribution >= 0.6 is 0 Å². The van der Waals surface area contributed by atoms with Crippen LogP contribution in [0.5, 0.6) is 11.5 Å². The molecule has 0 aliphatic carbocycles. The summed E-state index contributed by atoms with van der Waals surface area (Å²) in [6, 6.07) is 10.7. The average Bonchev–Trinajstić information content (AvgIpc) is 2.74. The van der Waals surface area contributed by atoms with E-state index in [0.29, 0.717) is 17.1 Å². The molecule has 0 aliphatic rings. The van der Waals surface area contributed by atoms with Gasteiger partial charge in [-0.3, -0.25) is 0 Å². The molecule has 152 valence electrons. The Morgan fingerprint density at radius 3 is 2.55 bits per heavy atom. The Labute approximate surface area is 168 Å². The first-order valence-electron chi connectivity index (χ1n) is 8.63. The van der Waals surface area contributed by atoms with Crippen molar-refractivity contribution in [1.82, 2.24) is 9.97 Å². The van der Waals surface area contributed by atoms with E-state index in [4.69, 9.17) is 9.47 Å². The van der Waals surface area contributed by atoms with Crippen LogP contribution in [0.25, 0.3) is 0 Å². The van der Waals surface area contributed by atoms with Gasteiger partial charge >= 0.3 is 0 Å². The SMILES string of the molecule is COc1ccc(CN(c2ccncn2)S(=O)(=O)c2cccc(C)c2F)c(OC)c1. The minimum absolute atomic E-state index is 0.110. The second-order valence-electron chi connectivity index (χ2n) is 6.14. The van der Waals surface area contributed by atoms with Crippen LogP contribution in [0.3, 0.4) is 0 Å². The molecule has 0 aliphatic heterocycles. The topological polar surface area (TPSA) is 81.6 Å². The van der Waals surface area contributed by atoms with Gasteiger partial charge in [-0.25, -0.2) is 27.1 Å². The Bertz CT molecular complexity index is 1110. The van der Waals surface area contributed by atoms with Crippen LogP contribution in [0, 0.1) is 12.7 Å². The Morgan fingerprint density at radius 1 is 1.10 bits per heavy atom. The zero-order chi connectivity index (χ0) is 21.0. The number of hydrogen-bond donors (Lipinski definition) is 0. The van der Waals surface area contributed by atoms with E-state index < -0.39 is 20.7 Å². The van der Waals surface area contributed by atoms with Gasteiger partial charge in [0, 0.05) is 23.9 Å². The smallest absolute Gasteiger partial charge is 0.268 e. The van der Waals surface area contributed by atoms with Gasteiger partial charge in [0.1, 0.15) is 34.4 Å². The number of nitrogens with zero attached hydrogens (tertiary/aromatic N) is 3. The molecule has 9 heteroatoms. The van der Waals surface area contributed by atoms with E-state index in [1.165, 1.54) is 57.9 Å². The summed E-state index contributed by atoms with van der Waals surface area (Å²) < 4.78 is 53.0. The summed E-state index contributed by atoms with van der Waals surface area (Å²) in [5.74, 6) is 0.308.